The SMILES string of the molecule is CCC(CC)N(CC(C)C)C(=O)c1nn[nH]n1. The standard InChI is InChI=1S/C11H21N5O/c1-5-9(6-2)16(7-8(3)4)11(17)10-12-14-15-13-10/h8-9H,5-7H2,1-4H3,(H,12,13,14,15). The number of carbonyl (C=O) groups is 1. The summed E-state index contributed by atoms with van der Waals surface area (Å²) in [5, 5.41) is 13.3. The maximum Gasteiger partial charge on any atom is 0.295 e. The smallest absolute Gasteiger partial charge is 0.295 e. The fourth-order valence-electron chi connectivity index (χ4n) is 1.90. The molecule has 0 unspecified atom stereocenters. The number of nitrogens with zero attached hydrogens (tertiary/aromatic N) is 4. The van der Waals surface area contributed by atoms with E-state index in [-0.39, 0.29) is 17.8 Å². The van der Waals surface area contributed by atoms with Crippen molar-refractivity contribution < 1.29 is 4.79 Å². The first kappa shape index (κ1) is 13.6. The number of aromatic nitrogens is 4. The molecule has 0 spiro atoms. The van der Waals surface area contributed by atoms with Crippen LogP contribution in [0.1, 0.15) is 51.2 Å². The molecule has 1 rings (SSSR count). The Morgan fingerprint density at radius 3 is 2.41 bits per heavy atom. The van der Waals surface area contributed by atoms with Crippen molar-refractivity contribution in [2.45, 2.75) is 46.6 Å². The monoisotopic (exact) mass is 239 g/mol. The number of hydrogen-bond donors (Lipinski definition) is 1. The lowest BCUT2D eigenvalue weighted by Crippen LogP contribution is -2.42. The second kappa shape index (κ2) is 6.32. The first-order chi connectivity index (χ1) is 8.10. The summed E-state index contributed by atoms with van der Waals surface area (Å²) in [5.74, 6) is 0.435. The Morgan fingerprint density at radius 1 is 1.35 bits per heavy atom. The van der Waals surface area contributed by atoms with Crippen LogP contribution in [0.2, 0.25) is 0 Å². The highest BCUT2D eigenvalue weighted by Crippen LogP contribution is 2.13. The van der Waals surface area contributed by atoms with E-state index in [2.05, 4.69) is 48.3 Å². The summed E-state index contributed by atoms with van der Waals surface area (Å²) in [6.45, 7) is 9.09. The Balaban J connectivity index is 2.85. The van der Waals surface area contributed by atoms with Crippen molar-refractivity contribution in [3.8, 4) is 0 Å². The van der Waals surface area contributed by atoms with E-state index in [9.17, 15) is 4.79 Å². The molecule has 0 aliphatic heterocycles. The van der Waals surface area contributed by atoms with E-state index in [0.29, 0.717) is 5.92 Å². The fourth-order valence-corrected chi connectivity index (χ4v) is 1.90. The van der Waals surface area contributed by atoms with Gasteiger partial charge in [-0.2, -0.15) is 5.21 Å². The average molecular weight is 239 g/mol. The van der Waals surface area contributed by atoms with E-state index < -0.39 is 0 Å². The summed E-state index contributed by atoms with van der Waals surface area (Å²) in [5.41, 5.74) is 0. The van der Waals surface area contributed by atoms with Crippen molar-refractivity contribution in [3.05, 3.63) is 5.82 Å². The number of carbonyl (C=O) groups excluding carboxylic acids is 1. The maximum atomic E-state index is 12.2. The molecule has 96 valence electrons. The Bertz CT molecular complexity index is 332. The summed E-state index contributed by atoms with van der Waals surface area (Å²) in [4.78, 5) is 14.1. The van der Waals surface area contributed by atoms with Gasteiger partial charge in [-0.05, 0) is 24.0 Å². The van der Waals surface area contributed by atoms with Crippen LogP contribution in [0.4, 0.5) is 0 Å². The van der Waals surface area contributed by atoms with Crippen LogP contribution in [0.5, 0.6) is 0 Å². The van der Waals surface area contributed by atoms with Crippen LogP contribution in [-0.2, 0) is 0 Å². The topological polar surface area (TPSA) is 74.8 Å². The highest BCUT2D eigenvalue weighted by Gasteiger charge is 2.25. The number of hydrogen-bond acceptors (Lipinski definition) is 4. The van der Waals surface area contributed by atoms with E-state index in [4.69, 9.17) is 0 Å². The van der Waals surface area contributed by atoms with Crippen LogP contribution in [0.15, 0.2) is 0 Å². The van der Waals surface area contributed by atoms with Crippen LogP contribution in [0.3, 0.4) is 0 Å². The maximum absolute atomic E-state index is 12.2. The molecule has 0 fully saturated rings. The molecule has 1 aromatic heterocycles. The molecule has 6 nitrogen and oxygen atoms in total. The number of nitrogens with one attached hydrogen (secondary N) is 1. The van der Waals surface area contributed by atoms with Gasteiger partial charge in [0.1, 0.15) is 0 Å². The van der Waals surface area contributed by atoms with Gasteiger partial charge < -0.3 is 4.90 Å². The Hall–Kier alpha value is -1.46. The molecule has 1 heterocycles. The van der Waals surface area contributed by atoms with Crippen LogP contribution in [-0.4, -0.2) is 44.0 Å². The van der Waals surface area contributed by atoms with Gasteiger partial charge in [-0.3, -0.25) is 4.79 Å². The molecule has 1 N–H and O–H groups in total. The predicted octanol–water partition coefficient (Wildman–Crippen LogP) is 1.49. The molecule has 1 aromatic rings. The largest absolute Gasteiger partial charge is 0.333 e. The molecule has 17 heavy (non-hydrogen) atoms. The van der Waals surface area contributed by atoms with Crippen LogP contribution in [0, 0.1) is 5.92 Å². The van der Waals surface area contributed by atoms with Crippen molar-refractivity contribution >= 4 is 5.91 Å². The highest BCUT2D eigenvalue weighted by atomic mass is 16.2. The molecule has 0 saturated carbocycles. The molecule has 0 saturated heterocycles. The van der Waals surface area contributed by atoms with E-state index in [1.807, 2.05) is 4.90 Å². The highest BCUT2D eigenvalue weighted by molar-refractivity contribution is 5.90. The van der Waals surface area contributed by atoms with Gasteiger partial charge in [-0.1, -0.05) is 27.7 Å². The Morgan fingerprint density at radius 2 is 2.00 bits per heavy atom. The first-order valence-electron chi connectivity index (χ1n) is 6.14. The first-order valence-corrected chi connectivity index (χ1v) is 6.14. The lowest BCUT2D eigenvalue weighted by atomic mass is 10.1. The number of amides is 1. The second-order valence-electron chi connectivity index (χ2n) is 4.56. The van der Waals surface area contributed by atoms with Gasteiger partial charge in [0.05, 0.1) is 0 Å². The third-order valence-electron chi connectivity index (χ3n) is 2.74. The number of rotatable bonds is 6. The number of tetrazole rings is 1. The Labute approximate surface area is 102 Å². The molecule has 0 aliphatic rings. The van der Waals surface area contributed by atoms with Gasteiger partial charge in [0.2, 0.25) is 0 Å². The minimum absolute atomic E-state index is 0.138. The van der Waals surface area contributed by atoms with Crippen LogP contribution < -0.4 is 0 Å². The quantitative estimate of drug-likeness (QED) is 0.816. The van der Waals surface area contributed by atoms with Crippen molar-refractivity contribution in [2.75, 3.05) is 6.54 Å². The summed E-state index contributed by atoms with van der Waals surface area (Å²) < 4.78 is 0. The van der Waals surface area contributed by atoms with Gasteiger partial charge in [0, 0.05) is 12.6 Å². The van der Waals surface area contributed by atoms with Gasteiger partial charge in [-0.15, -0.1) is 10.2 Å². The van der Waals surface area contributed by atoms with Crippen molar-refractivity contribution in [2.24, 2.45) is 5.92 Å². The van der Waals surface area contributed by atoms with E-state index in [1.54, 1.807) is 0 Å². The molecule has 0 radical (unpaired) electrons. The predicted molar refractivity (Wildman–Crippen MR) is 64.4 cm³/mol. The lowest BCUT2D eigenvalue weighted by Gasteiger charge is -2.31. The summed E-state index contributed by atoms with van der Waals surface area (Å²) in [7, 11) is 0. The number of aromatic amines is 1. The molecule has 0 atom stereocenters. The lowest BCUT2D eigenvalue weighted by molar-refractivity contribution is 0.0627. The van der Waals surface area contributed by atoms with Crippen LogP contribution >= 0.6 is 0 Å². The molecular weight excluding hydrogens is 218 g/mol. The van der Waals surface area contributed by atoms with Crippen molar-refractivity contribution in [3.63, 3.8) is 0 Å². The molecule has 0 aliphatic carbocycles. The normalized spacial score (nSPS) is 11.2. The van der Waals surface area contributed by atoms with Gasteiger partial charge in [0.15, 0.2) is 0 Å². The number of H-pyrrole nitrogens is 1. The van der Waals surface area contributed by atoms with Gasteiger partial charge in [-0.25, -0.2) is 0 Å². The minimum Gasteiger partial charge on any atom is -0.333 e. The zero-order valence-corrected chi connectivity index (χ0v) is 11.0. The van der Waals surface area contributed by atoms with E-state index >= 15 is 0 Å². The molecule has 1 amide bonds. The third-order valence-corrected chi connectivity index (χ3v) is 2.74. The summed E-state index contributed by atoms with van der Waals surface area (Å²) in [6.07, 6.45) is 1.87. The molecule has 0 aromatic carbocycles. The van der Waals surface area contributed by atoms with Gasteiger partial charge >= 0.3 is 0 Å². The second-order valence-corrected chi connectivity index (χ2v) is 4.56. The zero-order valence-electron chi connectivity index (χ0n) is 11.0. The molecular formula is C11H21N5O. The average Bonchev–Trinajstić information content (AvgIpc) is 2.81. The van der Waals surface area contributed by atoms with Crippen LogP contribution in [0.25, 0.3) is 0 Å². The van der Waals surface area contributed by atoms with E-state index in [0.717, 1.165) is 19.4 Å². The van der Waals surface area contributed by atoms with Crippen molar-refractivity contribution in [1.82, 2.24) is 25.5 Å². The fraction of sp³-hybridized carbons (Fsp3) is 0.818. The molecule has 6 heteroatoms. The van der Waals surface area contributed by atoms with Crippen molar-refractivity contribution in [1.29, 1.82) is 0 Å². The molecule has 0 bridgehead atoms. The zero-order chi connectivity index (χ0) is 12.8. The summed E-state index contributed by atoms with van der Waals surface area (Å²) >= 11 is 0. The minimum atomic E-state index is -0.138. The third kappa shape index (κ3) is 3.51. The summed E-state index contributed by atoms with van der Waals surface area (Å²) in [6, 6.07) is 0.239. The Kier molecular flexibility index (Phi) is 5.06. The van der Waals surface area contributed by atoms with Gasteiger partial charge in [0.25, 0.3) is 11.7 Å². The van der Waals surface area contributed by atoms with E-state index in [1.165, 1.54) is 0 Å².